The SMILES string of the molecule is CCCCN(CCCC)C(=O)c1ccccc1C[P+](=O)c1ccccc1C(=O)O. The van der Waals surface area contributed by atoms with Crippen molar-refractivity contribution in [3.63, 3.8) is 0 Å². The van der Waals surface area contributed by atoms with Crippen molar-refractivity contribution >= 4 is 25.0 Å². The summed E-state index contributed by atoms with van der Waals surface area (Å²) < 4.78 is 13.0. The summed E-state index contributed by atoms with van der Waals surface area (Å²) in [6, 6.07) is 13.6. The van der Waals surface area contributed by atoms with Crippen molar-refractivity contribution in [2.75, 3.05) is 13.1 Å². The molecule has 2 aromatic carbocycles. The molecule has 1 amide bonds. The van der Waals surface area contributed by atoms with Gasteiger partial charge in [-0.1, -0.05) is 61.6 Å². The summed E-state index contributed by atoms with van der Waals surface area (Å²) in [5, 5.41) is 9.68. The first kappa shape index (κ1) is 22.8. The summed E-state index contributed by atoms with van der Waals surface area (Å²) in [6.45, 7) is 5.61. The van der Waals surface area contributed by atoms with Gasteiger partial charge in [-0.05, 0) is 31.0 Å². The number of carbonyl (C=O) groups excluding carboxylic acids is 1. The zero-order valence-electron chi connectivity index (χ0n) is 17.1. The van der Waals surface area contributed by atoms with Crippen LogP contribution in [0.5, 0.6) is 0 Å². The number of unbranched alkanes of at least 4 members (excludes halogenated alkanes) is 2. The molecule has 0 saturated heterocycles. The number of hydrogen-bond acceptors (Lipinski definition) is 3. The van der Waals surface area contributed by atoms with Crippen molar-refractivity contribution in [1.82, 2.24) is 4.90 Å². The van der Waals surface area contributed by atoms with Gasteiger partial charge >= 0.3 is 13.8 Å². The van der Waals surface area contributed by atoms with E-state index < -0.39 is 13.8 Å². The third-order valence-electron chi connectivity index (χ3n) is 4.82. The molecular formula is C23H29NO4P+. The number of rotatable bonds is 11. The van der Waals surface area contributed by atoms with Crippen molar-refractivity contribution in [2.24, 2.45) is 0 Å². The molecule has 5 nitrogen and oxygen atoms in total. The first-order chi connectivity index (χ1) is 14.0. The zero-order chi connectivity index (χ0) is 21.2. The van der Waals surface area contributed by atoms with E-state index in [1.54, 1.807) is 24.3 Å². The van der Waals surface area contributed by atoms with Gasteiger partial charge in [0.15, 0.2) is 6.16 Å². The second-order valence-corrected chi connectivity index (χ2v) is 8.57. The Hall–Kier alpha value is -2.52. The normalized spacial score (nSPS) is 11.2. The number of benzene rings is 2. The molecule has 2 aromatic rings. The van der Waals surface area contributed by atoms with E-state index in [4.69, 9.17) is 0 Å². The molecule has 1 N–H and O–H groups in total. The molecule has 6 heteroatoms. The number of aromatic carboxylic acids is 1. The van der Waals surface area contributed by atoms with E-state index in [-0.39, 0.29) is 17.6 Å². The van der Waals surface area contributed by atoms with Crippen molar-refractivity contribution in [1.29, 1.82) is 0 Å². The summed E-state index contributed by atoms with van der Waals surface area (Å²) in [7, 11) is -1.99. The lowest BCUT2D eigenvalue weighted by atomic mass is 10.1. The highest BCUT2D eigenvalue weighted by Gasteiger charge is 2.29. The van der Waals surface area contributed by atoms with Gasteiger partial charge in [0.05, 0.1) is 0 Å². The van der Waals surface area contributed by atoms with Gasteiger partial charge in [0.25, 0.3) is 5.91 Å². The topological polar surface area (TPSA) is 74.7 Å². The predicted molar refractivity (Wildman–Crippen MR) is 117 cm³/mol. The summed E-state index contributed by atoms with van der Waals surface area (Å²) in [6.07, 6.45) is 4.04. The Bertz CT molecular complexity index is 857. The van der Waals surface area contributed by atoms with Crippen molar-refractivity contribution in [3.05, 3.63) is 65.2 Å². The maximum absolute atomic E-state index is 13.2. The number of carboxylic acid groups (broad SMARTS) is 1. The van der Waals surface area contributed by atoms with E-state index in [0.717, 1.165) is 25.7 Å². The first-order valence-electron chi connectivity index (χ1n) is 10.1. The van der Waals surface area contributed by atoms with Crippen molar-refractivity contribution < 1.29 is 19.3 Å². The Morgan fingerprint density at radius 2 is 1.45 bits per heavy atom. The van der Waals surface area contributed by atoms with E-state index in [2.05, 4.69) is 13.8 Å². The van der Waals surface area contributed by atoms with E-state index in [1.807, 2.05) is 23.1 Å². The molecule has 0 spiro atoms. The first-order valence-corrected chi connectivity index (χ1v) is 11.6. The highest BCUT2D eigenvalue weighted by Crippen LogP contribution is 2.30. The molecule has 2 rings (SSSR count). The van der Waals surface area contributed by atoms with Gasteiger partial charge in [-0.15, -0.1) is 0 Å². The lowest BCUT2D eigenvalue weighted by Gasteiger charge is -2.23. The maximum Gasteiger partial charge on any atom is 0.382 e. The summed E-state index contributed by atoms with van der Waals surface area (Å²) >= 11 is 0. The lowest BCUT2D eigenvalue weighted by Crippen LogP contribution is -2.33. The molecule has 0 aliphatic carbocycles. The minimum absolute atomic E-state index is 0.0441. The Labute approximate surface area is 173 Å². The second kappa shape index (κ2) is 11.5. The van der Waals surface area contributed by atoms with Crippen LogP contribution in [0.2, 0.25) is 0 Å². The van der Waals surface area contributed by atoms with E-state index in [0.29, 0.717) is 29.5 Å². The van der Waals surface area contributed by atoms with Gasteiger partial charge in [0, 0.05) is 24.2 Å². The average Bonchev–Trinajstić information content (AvgIpc) is 2.73. The lowest BCUT2D eigenvalue weighted by molar-refractivity contribution is 0.0696. The van der Waals surface area contributed by atoms with Gasteiger partial charge in [0.1, 0.15) is 5.56 Å². The molecule has 154 valence electrons. The van der Waals surface area contributed by atoms with Crippen LogP contribution in [0.25, 0.3) is 0 Å². The van der Waals surface area contributed by atoms with E-state index >= 15 is 0 Å². The maximum atomic E-state index is 13.2. The average molecular weight is 414 g/mol. The van der Waals surface area contributed by atoms with Crippen LogP contribution >= 0.6 is 7.80 Å². The molecule has 0 bridgehead atoms. The second-order valence-electron chi connectivity index (χ2n) is 7.02. The van der Waals surface area contributed by atoms with Crippen LogP contribution in [0.15, 0.2) is 48.5 Å². The fourth-order valence-electron chi connectivity index (χ4n) is 3.16. The zero-order valence-corrected chi connectivity index (χ0v) is 18.0. The van der Waals surface area contributed by atoms with Crippen LogP contribution in [0.1, 0.15) is 65.8 Å². The molecule has 1 atom stereocenters. The Morgan fingerprint density at radius 3 is 2.03 bits per heavy atom. The van der Waals surface area contributed by atoms with Crippen molar-refractivity contribution in [3.8, 4) is 0 Å². The van der Waals surface area contributed by atoms with Crippen LogP contribution in [0, 0.1) is 0 Å². The Balaban J connectivity index is 2.29. The number of amides is 1. The quantitative estimate of drug-likeness (QED) is 0.520. The van der Waals surface area contributed by atoms with Crippen LogP contribution in [-0.4, -0.2) is 35.0 Å². The minimum atomic E-state index is -1.99. The Morgan fingerprint density at radius 1 is 0.897 bits per heavy atom. The van der Waals surface area contributed by atoms with Gasteiger partial charge in [-0.2, -0.15) is 0 Å². The fourth-order valence-corrected chi connectivity index (χ4v) is 4.61. The van der Waals surface area contributed by atoms with Crippen LogP contribution in [0.3, 0.4) is 0 Å². The molecule has 0 aromatic heterocycles. The largest absolute Gasteiger partial charge is 0.478 e. The van der Waals surface area contributed by atoms with E-state index in [1.165, 1.54) is 6.07 Å². The van der Waals surface area contributed by atoms with Crippen LogP contribution in [0.4, 0.5) is 0 Å². The number of carboxylic acids is 1. The smallest absolute Gasteiger partial charge is 0.382 e. The summed E-state index contributed by atoms with van der Waals surface area (Å²) in [5.41, 5.74) is 1.29. The third kappa shape index (κ3) is 6.23. The van der Waals surface area contributed by atoms with Crippen LogP contribution < -0.4 is 5.30 Å². The number of carbonyl (C=O) groups is 2. The molecule has 0 fully saturated rings. The highest BCUT2D eigenvalue weighted by atomic mass is 31.1. The van der Waals surface area contributed by atoms with Gasteiger partial charge < -0.3 is 10.0 Å². The van der Waals surface area contributed by atoms with Gasteiger partial charge in [-0.3, -0.25) is 4.79 Å². The highest BCUT2D eigenvalue weighted by molar-refractivity contribution is 7.52. The number of nitrogens with zero attached hydrogens (tertiary/aromatic N) is 1. The monoisotopic (exact) mass is 414 g/mol. The fraction of sp³-hybridized carbons (Fsp3) is 0.391. The number of hydrogen-bond donors (Lipinski definition) is 1. The van der Waals surface area contributed by atoms with Gasteiger partial charge in [-0.25, -0.2) is 4.79 Å². The molecular weight excluding hydrogens is 385 g/mol. The molecule has 1 unspecified atom stereocenters. The third-order valence-corrected chi connectivity index (χ3v) is 6.37. The molecule has 0 radical (unpaired) electrons. The van der Waals surface area contributed by atoms with E-state index in [9.17, 15) is 19.3 Å². The van der Waals surface area contributed by atoms with Crippen LogP contribution in [-0.2, 0) is 10.7 Å². The molecule has 29 heavy (non-hydrogen) atoms. The molecule has 0 aliphatic heterocycles. The Kier molecular flexibility index (Phi) is 9.01. The van der Waals surface area contributed by atoms with Crippen molar-refractivity contribution in [2.45, 2.75) is 45.7 Å². The van der Waals surface area contributed by atoms with Gasteiger partial charge in [0.2, 0.25) is 5.30 Å². The minimum Gasteiger partial charge on any atom is -0.478 e. The predicted octanol–water partition coefficient (Wildman–Crippen LogP) is 5.08. The molecule has 0 heterocycles. The summed E-state index contributed by atoms with van der Waals surface area (Å²) in [5.74, 6) is -1.14. The molecule has 0 saturated carbocycles. The standard InChI is InChI=1S/C23H28NO4P/c1-3-5-15-24(16-6-4-2)22(25)19-12-8-7-11-18(19)17-29(28)21-14-10-9-13-20(21)23(26)27/h7-14H,3-6,15-17H2,1-2H3/p+1. The molecule has 0 aliphatic rings. The summed E-state index contributed by atoms with van der Waals surface area (Å²) in [4.78, 5) is 26.5.